The smallest absolute Gasteiger partial charge is 0.119 e. The number of para-hydroxylation sites is 2. The van der Waals surface area contributed by atoms with E-state index in [1.54, 1.807) is 0 Å². The average Bonchev–Trinajstić information content (AvgIpc) is 2.84. The van der Waals surface area contributed by atoms with E-state index in [-0.39, 0.29) is 0 Å². The van der Waals surface area contributed by atoms with Crippen LogP contribution in [0.3, 0.4) is 0 Å². The van der Waals surface area contributed by atoms with Gasteiger partial charge in [0.25, 0.3) is 0 Å². The molecule has 0 fully saturated rings. The highest BCUT2D eigenvalue weighted by molar-refractivity contribution is 5.78. The number of benzene rings is 2. The number of aryl methyl sites for hydroxylation is 1. The van der Waals surface area contributed by atoms with Crippen molar-refractivity contribution in [1.29, 1.82) is 0 Å². The van der Waals surface area contributed by atoms with Gasteiger partial charge in [0.15, 0.2) is 0 Å². The van der Waals surface area contributed by atoms with Crippen LogP contribution in [0.5, 0.6) is 5.75 Å². The second-order valence-electron chi connectivity index (χ2n) is 4.57. The van der Waals surface area contributed by atoms with E-state index in [9.17, 15) is 0 Å². The van der Waals surface area contributed by atoms with Crippen molar-refractivity contribution in [2.75, 3.05) is 6.61 Å². The molecule has 0 amide bonds. The summed E-state index contributed by atoms with van der Waals surface area (Å²) in [5, 5.41) is 0. The Morgan fingerprint density at radius 1 is 1.05 bits per heavy atom. The second-order valence-corrected chi connectivity index (χ2v) is 4.57. The summed E-state index contributed by atoms with van der Waals surface area (Å²) in [6, 6.07) is 16.0. The molecule has 3 nitrogen and oxygen atoms in total. The van der Waals surface area contributed by atoms with Crippen molar-refractivity contribution < 1.29 is 4.74 Å². The molecule has 0 saturated carbocycles. The summed E-state index contributed by atoms with van der Waals surface area (Å²) in [6.45, 7) is 2.70. The lowest BCUT2D eigenvalue weighted by Crippen LogP contribution is -2.02. The van der Waals surface area contributed by atoms with E-state index in [1.165, 1.54) is 5.56 Å². The number of aromatic nitrogens is 2. The Hall–Kier alpha value is -2.29. The molecule has 0 atom stereocenters. The van der Waals surface area contributed by atoms with Crippen LogP contribution >= 0.6 is 0 Å². The minimum Gasteiger partial charge on any atom is -0.493 e. The second kappa shape index (κ2) is 5.14. The number of hydrogen-bond donors (Lipinski definition) is 1. The molecule has 0 bridgehead atoms. The first-order valence-electron chi connectivity index (χ1n) is 6.45. The van der Waals surface area contributed by atoms with Crippen LogP contribution in [0, 0.1) is 6.92 Å². The first-order chi connectivity index (χ1) is 9.33. The van der Waals surface area contributed by atoms with Crippen LogP contribution in [0.2, 0.25) is 0 Å². The molecule has 0 unspecified atom stereocenters. The van der Waals surface area contributed by atoms with Gasteiger partial charge >= 0.3 is 0 Å². The maximum absolute atomic E-state index is 5.68. The van der Waals surface area contributed by atoms with Crippen molar-refractivity contribution in [2.24, 2.45) is 0 Å². The lowest BCUT2D eigenvalue weighted by Gasteiger charge is -2.03. The Bertz CT molecular complexity index is 674. The molecular weight excluding hydrogens is 236 g/mol. The topological polar surface area (TPSA) is 37.9 Å². The average molecular weight is 252 g/mol. The van der Waals surface area contributed by atoms with Gasteiger partial charge in [-0.25, -0.2) is 4.98 Å². The third kappa shape index (κ3) is 2.60. The summed E-state index contributed by atoms with van der Waals surface area (Å²) < 4.78 is 5.68. The molecule has 96 valence electrons. The van der Waals surface area contributed by atoms with Gasteiger partial charge in [-0.3, -0.25) is 0 Å². The maximum atomic E-state index is 5.68. The van der Waals surface area contributed by atoms with E-state index in [0.29, 0.717) is 6.61 Å². The summed E-state index contributed by atoms with van der Waals surface area (Å²) in [7, 11) is 0. The fourth-order valence-corrected chi connectivity index (χ4v) is 2.13. The van der Waals surface area contributed by atoms with Gasteiger partial charge in [0, 0.05) is 6.42 Å². The maximum Gasteiger partial charge on any atom is 0.119 e. The van der Waals surface area contributed by atoms with Crippen LogP contribution in [-0.4, -0.2) is 16.6 Å². The third-order valence-electron chi connectivity index (χ3n) is 3.11. The zero-order valence-corrected chi connectivity index (χ0v) is 10.9. The Morgan fingerprint density at radius 3 is 2.68 bits per heavy atom. The molecule has 0 aliphatic rings. The van der Waals surface area contributed by atoms with E-state index in [1.807, 2.05) is 36.4 Å². The number of hydrogen-bond acceptors (Lipinski definition) is 2. The molecule has 3 aromatic rings. The van der Waals surface area contributed by atoms with Crippen molar-refractivity contribution >= 4 is 11.0 Å². The minimum absolute atomic E-state index is 0.628. The molecule has 19 heavy (non-hydrogen) atoms. The Morgan fingerprint density at radius 2 is 1.89 bits per heavy atom. The van der Waals surface area contributed by atoms with Gasteiger partial charge in [-0.1, -0.05) is 30.3 Å². The molecule has 1 heterocycles. The molecule has 3 heteroatoms. The SMILES string of the molecule is Cc1cccc2[nH]c(CCOc3ccccc3)nc12. The molecule has 0 spiro atoms. The minimum atomic E-state index is 0.628. The number of ether oxygens (including phenoxy) is 1. The van der Waals surface area contributed by atoms with E-state index in [0.717, 1.165) is 29.0 Å². The molecule has 2 aromatic carbocycles. The Labute approximate surface area is 112 Å². The number of fused-ring (bicyclic) bond motifs is 1. The van der Waals surface area contributed by atoms with Crippen LogP contribution in [0.25, 0.3) is 11.0 Å². The lowest BCUT2D eigenvalue weighted by molar-refractivity contribution is 0.319. The number of nitrogens with zero attached hydrogens (tertiary/aromatic N) is 1. The number of nitrogens with one attached hydrogen (secondary N) is 1. The van der Waals surface area contributed by atoms with Crippen LogP contribution in [0.15, 0.2) is 48.5 Å². The number of H-pyrrole nitrogens is 1. The highest BCUT2D eigenvalue weighted by Gasteiger charge is 2.04. The number of rotatable bonds is 4. The molecule has 3 rings (SSSR count). The fraction of sp³-hybridized carbons (Fsp3) is 0.188. The van der Waals surface area contributed by atoms with Gasteiger partial charge in [-0.15, -0.1) is 0 Å². The summed E-state index contributed by atoms with van der Waals surface area (Å²) in [6.07, 6.45) is 0.781. The quantitative estimate of drug-likeness (QED) is 0.771. The van der Waals surface area contributed by atoms with Crippen molar-refractivity contribution in [2.45, 2.75) is 13.3 Å². The van der Waals surface area contributed by atoms with Crippen LogP contribution in [0.4, 0.5) is 0 Å². The normalized spacial score (nSPS) is 10.8. The van der Waals surface area contributed by atoms with Crippen molar-refractivity contribution in [3.8, 4) is 5.75 Å². The third-order valence-corrected chi connectivity index (χ3v) is 3.11. The van der Waals surface area contributed by atoms with Gasteiger partial charge in [0.1, 0.15) is 11.6 Å². The van der Waals surface area contributed by atoms with Crippen LogP contribution in [0.1, 0.15) is 11.4 Å². The van der Waals surface area contributed by atoms with Gasteiger partial charge in [0.2, 0.25) is 0 Å². The summed E-state index contributed by atoms with van der Waals surface area (Å²) in [4.78, 5) is 7.94. The zero-order valence-electron chi connectivity index (χ0n) is 10.9. The predicted octanol–water partition coefficient (Wildman–Crippen LogP) is 3.49. The molecule has 1 N–H and O–H groups in total. The summed E-state index contributed by atoms with van der Waals surface area (Å²) in [5.74, 6) is 1.87. The summed E-state index contributed by atoms with van der Waals surface area (Å²) >= 11 is 0. The van der Waals surface area contributed by atoms with Crippen molar-refractivity contribution in [3.63, 3.8) is 0 Å². The molecule has 1 aromatic heterocycles. The van der Waals surface area contributed by atoms with Gasteiger partial charge in [-0.05, 0) is 30.7 Å². The highest BCUT2D eigenvalue weighted by Crippen LogP contribution is 2.16. The molecule has 0 aliphatic carbocycles. The van der Waals surface area contributed by atoms with Crippen LogP contribution in [-0.2, 0) is 6.42 Å². The van der Waals surface area contributed by atoms with E-state index in [2.05, 4.69) is 29.0 Å². The molecular formula is C16H16N2O. The van der Waals surface area contributed by atoms with Crippen molar-refractivity contribution in [3.05, 3.63) is 59.9 Å². The van der Waals surface area contributed by atoms with Crippen LogP contribution < -0.4 is 4.74 Å². The summed E-state index contributed by atoms with van der Waals surface area (Å²) in [5.41, 5.74) is 3.34. The highest BCUT2D eigenvalue weighted by atomic mass is 16.5. The van der Waals surface area contributed by atoms with Gasteiger partial charge in [0.05, 0.1) is 17.6 Å². The van der Waals surface area contributed by atoms with Gasteiger partial charge in [-0.2, -0.15) is 0 Å². The Balaban J connectivity index is 1.67. The van der Waals surface area contributed by atoms with E-state index >= 15 is 0 Å². The lowest BCUT2D eigenvalue weighted by atomic mass is 10.2. The molecule has 0 radical (unpaired) electrons. The largest absolute Gasteiger partial charge is 0.493 e. The molecule has 0 aliphatic heterocycles. The van der Waals surface area contributed by atoms with Crippen molar-refractivity contribution in [1.82, 2.24) is 9.97 Å². The first kappa shape index (κ1) is 11.8. The molecule has 0 saturated heterocycles. The van der Waals surface area contributed by atoms with E-state index < -0.39 is 0 Å². The monoisotopic (exact) mass is 252 g/mol. The number of aromatic amines is 1. The first-order valence-corrected chi connectivity index (χ1v) is 6.45. The Kier molecular flexibility index (Phi) is 3.19. The van der Waals surface area contributed by atoms with E-state index in [4.69, 9.17) is 4.74 Å². The standard InChI is InChI=1S/C16H16N2O/c1-12-6-5-9-14-16(12)18-15(17-14)10-11-19-13-7-3-2-4-8-13/h2-9H,10-11H2,1H3,(H,17,18). The predicted molar refractivity (Wildman–Crippen MR) is 76.5 cm³/mol. The number of imidazole rings is 1. The van der Waals surface area contributed by atoms with Gasteiger partial charge < -0.3 is 9.72 Å². The zero-order chi connectivity index (χ0) is 13.1. The fourth-order valence-electron chi connectivity index (χ4n) is 2.13.